The minimum Gasteiger partial charge on any atom is -0.342 e. The molecular formula is C21H21Cl2N3O. The Balaban J connectivity index is 1.80. The monoisotopic (exact) mass is 401 g/mol. The number of carbonyl (C=O) groups is 1. The summed E-state index contributed by atoms with van der Waals surface area (Å²) in [4.78, 5) is 19.0. The molecule has 0 unspecified atom stereocenters. The first-order chi connectivity index (χ1) is 12.9. The third-order valence-corrected chi connectivity index (χ3v) is 5.34. The van der Waals surface area contributed by atoms with Crippen LogP contribution in [0.1, 0.15) is 33.0 Å². The molecule has 0 bridgehead atoms. The van der Waals surface area contributed by atoms with Crippen LogP contribution in [0.25, 0.3) is 0 Å². The highest BCUT2D eigenvalue weighted by molar-refractivity contribution is 6.42. The Morgan fingerprint density at radius 2 is 1.89 bits per heavy atom. The van der Waals surface area contributed by atoms with Gasteiger partial charge in [0.05, 0.1) is 27.8 Å². The van der Waals surface area contributed by atoms with Crippen LogP contribution < -0.4 is 0 Å². The highest BCUT2D eigenvalue weighted by atomic mass is 35.5. The van der Waals surface area contributed by atoms with Gasteiger partial charge in [-0.05, 0) is 49.7 Å². The van der Waals surface area contributed by atoms with Gasteiger partial charge < -0.3 is 9.47 Å². The van der Waals surface area contributed by atoms with E-state index in [0.717, 1.165) is 22.6 Å². The van der Waals surface area contributed by atoms with Crippen LogP contribution in [-0.2, 0) is 13.1 Å². The molecule has 0 aliphatic heterocycles. The SMILES string of the molecule is Cc1cc(C(=O)N(C)Cc2ccc(Cl)c(Cl)c2)c(C)n1Cc1ccccn1. The number of rotatable bonds is 5. The number of carbonyl (C=O) groups excluding carboxylic acids is 1. The summed E-state index contributed by atoms with van der Waals surface area (Å²) in [6.07, 6.45) is 1.78. The van der Waals surface area contributed by atoms with Crippen molar-refractivity contribution in [3.05, 3.63) is 86.9 Å². The van der Waals surface area contributed by atoms with Gasteiger partial charge in [0.2, 0.25) is 0 Å². The molecule has 0 fully saturated rings. The molecule has 2 aromatic heterocycles. The van der Waals surface area contributed by atoms with E-state index in [1.807, 2.05) is 44.2 Å². The Morgan fingerprint density at radius 3 is 2.56 bits per heavy atom. The van der Waals surface area contributed by atoms with Crippen molar-refractivity contribution in [2.75, 3.05) is 7.05 Å². The fourth-order valence-electron chi connectivity index (χ4n) is 3.10. The van der Waals surface area contributed by atoms with Crippen molar-refractivity contribution in [1.82, 2.24) is 14.5 Å². The Morgan fingerprint density at radius 1 is 1.11 bits per heavy atom. The van der Waals surface area contributed by atoms with Crippen LogP contribution in [0.3, 0.4) is 0 Å². The van der Waals surface area contributed by atoms with Crippen LogP contribution in [0.15, 0.2) is 48.7 Å². The predicted molar refractivity (Wildman–Crippen MR) is 110 cm³/mol. The van der Waals surface area contributed by atoms with Crippen LogP contribution in [0.2, 0.25) is 10.0 Å². The summed E-state index contributed by atoms with van der Waals surface area (Å²) in [5, 5.41) is 0.996. The Labute approximate surface area is 169 Å². The molecule has 1 amide bonds. The summed E-state index contributed by atoms with van der Waals surface area (Å²) in [6, 6.07) is 13.2. The van der Waals surface area contributed by atoms with Gasteiger partial charge in [0.15, 0.2) is 0 Å². The first-order valence-corrected chi connectivity index (χ1v) is 9.38. The maximum Gasteiger partial charge on any atom is 0.255 e. The summed E-state index contributed by atoms with van der Waals surface area (Å²) >= 11 is 12.0. The van der Waals surface area contributed by atoms with Gasteiger partial charge in [0.25, 0.3) is 5.91 Å². The molecule has 0 N–H and O–H groups in total. The van der Waals surface area contributed by atoms with E-state index in [0.29, 0.717) is 28.7 Å². The lowest BCUT2D eigenvalue weighted by atomic mass is 10.2. The van der Waals surface area contributed by atoms with E-state index < -0.39 is 0 Å². The number of nitrogens with zero attached hydrogens (tertiary/aromatic N) is 3. The van der Waals surface area contributed by atoms with Gasteiger partial charge in [-0.2, -0.15) is 0 Å². The molecule has 0 aliphatic carbocycles. The van der Waals surface area contributed by atoms with E-state index in [2.05, 4.69) is 9.55 Å². The van der Waals surface area contributed by atoms with Gasteiger partial charge in [-0.3, -0.25) is 9.78 Å². The van der Waals surface area contributed by atoms with E-state index in [9.17, 15) is 4.79 Å². The molecular weight excluding hydrogens is 381 g/mol. The lowest BCUT2D eigenvalue weighted by molar-refractivity contribution is 0.0784. The summed E-state index contributed by atoms with van der Waals surface area (Å²) in [6.45, 7) is 5.07. The zero-order chi connectivity index (χ0) is 19.6. The van der Waals surface area contributed by atoms with Gasteiger partial charge in [-0.25, -0.2) is 0 Å². The molecule has 0 saturated carbocycles. The summed E-state index contributed by atoms with van der Waals surface area (Å²) in [5.74, 6) is -0.0264. The number of benzene rings is 1. The van der Waals surface area contributed by atoms with Crippen LogP contribution >= 0.6 is 23.2 Å². The van der Waals surface area contributed by atoms with E-state index >= 15 is 0 Å². The normalized spacial score (nSPS) is 10.9. The first-order valence-electron chi connectivity index (χ1n) is 8.63. The fourth-order valence-corrected chi connectivity index (χ4v) is 3.42. The fraction of sp³-hybridized carbons (Fsp3) is 0.238. The summed E-state index contributed by atoms with van der Waals surface area (Å²) in [5.41, 5.74) is 4.56. The second kappa shape index (κ2) is 8.15. The summed E-state index contributed by atoms with van der Waals surface area (Å²) < 4.78 is 2.11. The van der Waals surface area contributed by atoms with E-state index in [1.54, 1.807) is 30.3 Å². The van der Waals surface area contributed by atoms with Crippen molar-refractivity contribution < 1.29 is 4.79 Å². The third kappa shape index (κ3) is 4.34. The molecule has 0 saturated heterocycles. The van der Waals surface area contributed by atoms with Gasteiger partial charge in [0, 0.05) is 31.2 Å². The Bertz CT molecular complexity index is 967. The number of halogens is 2. The number of hydrogen-bond acceptors (Lipinski definition) is 2. The zero-order valence-electron chi connectivity index (χ0n) is 15.5. The van der Waals surface area contributed by atoms with Gasteiger partial charge in [-0.15, -0.1) is 0 Å². The molecule has 4 nitrogen and oxygen atoms in total. The smallest absolute Gasteiger partial charge is 0.255 e. The quantitative estimate of drug-likeness (QED) is 0.594. The third-order valence-electron chi connectivity index (χ3n) is 4.60. The average Bonchev–Trinajstić information content (AvgIpc) is 2.93. The summed E-state index contributed by atoms with van der Waals surface area (Å²) in [7, 11) is 1.79. The highest BCUT2D eigenvalue weighted by Gasteiger charge is 2.19. The molecule has 2 heterocycles. The van der Waals surface area contributed by atoms with Gasteiger partial charge in [-0.1, -0.05) is 35.3 Å². The number of hydrogen-bond donors (Lipinski definition) is 0. The van der Waals surface area contributed by atoms with Crippen molar-refractivity contribution in [2.24, 2.45) is 0 Å². The maximum atomic E-state index is 13.0. The maximum absolute atomic E-state index is 13.0. The topological polar surface area (TPSA) is 38.1 Å². The Hall–Kier alpha value is -2.30. The number of aromatic nitrogens is 2. The van der Waals surface area contributed by atoms with E-state index in [4.69, 9.17) is 23.2 Å². The Kier molecular flexibility index (Phi) is 5.88. The molecule has 0 aliphatic rings. The highest BCUT2D eigenvalue weighted by Crippen LogP contribution is 2.24. The van der Waals surface area contributed by atoms with Crippen molar-refractivity contribution in [1.29, 1.82) is 0 Å². The minimum absolute atomic E-state index is 0.0264. The minimum atomic E-state index is -0.0264. The van der Waals surface area contributed by atoms with Crippen LogP contribution in [0, 0.1) is 13.8 Å². The van der Waals surface area contributed by atoms with Crippen molar-refractivity contribution >= 4 is 29.1 Å². The van der Waals surface area contributed by atoms with Crippen LogP contribution in [0.4, 0.5) is 0 Å². The molecule has 3 rings (SSSR count). The zero-order valence-corrected chi connectivity index (χ0v) is 17.1. The van der Waals surface area contributed by atoms with Crippen molar-refractivity contribution in [3.8, 4) is 0 Å². The van der Waals surface area contributed by atoms with Crippen molar-refractivity contribution in [3.63, 3.8) is 0 Å². The van der Waals surface area contributed by atoms with Crippen LogP contribution in [-0.4, -0.2) is 27.4 Å². The van der Waals surface area contributed by atoms with Crippen molar-refractivity contribution in [2.45, 2.75) is 26.9 Å². The molecule has 3 aromatic rings. The molecule has 140 valence electrons. The standard InChI is InChI=1S/C21H21Cl2N3O/c1-14-10-18(15(2)26(14)13-17-6-4-5-9-24-17)21(27)25(3)12-16-7-8-19(22)20(23)11-16/h4-11H,12-13H2,1-3H3. The number of amides is 1. The lowest BCUT2D eigenvalue weighted by Gasteiger charge is -2.18. The second-order valence-corrected chi connectivity index (χ2v) is 7.42. The molecule has 27 heavy (non-hydrogen) atoms. The molecule has 6 heteroatoms. The lowest BCUT2D eigenvalue weighted by Crippen LogP contribution is -2.26. The molecule has 0 radical (unpaired) electrons. The molecule has 0 spiro atoms. The average molecular weight is 402 g/mol. The van der Waals surface area contributed by atoms with E-state index in [1.165, 1.54) is 0 Å². The largest absolute Gasteiger partial charge is 0.342 e. The number of aryl methyl sites for hydroxylation is 1. The molecule has 0 atom stereocenters. The van der Waals surface area contributed by atoms with E-state index in [-0.39, 0.29) is 5.91 Å². The second-order valence-electron chi connectivity index (χ2n) is 6.60. The van der Waals surface area contributed by atoms with Crippen LogP contribution in [0.5, 0.6) is 0 Å². The van der Waals surface area contributed by atoms with Gasteiger partial charge in [0.1, 0.15) is 0 Å². The number of pyridine rings is 1. The predicted octanol–water partition coefficient (Wildman–Crippen LogP) is 5.13. The first kappa shape index (κ1) is 19.5. The van der Waals surface area contributed by atoms with Gasteiger partial charge >= 0.3 is 0 Å². The molecule has 1 aromatic carbocycles.